The molecule has 0 bridgehead atoms. The number of hydrogen-bond donors (Lipinski definition) is 1. The van der Waals surface area contributed by atoms with E-state index in [0.717, 1.165) is 44.1 Å². The van der Waals surface area contributed by atoms with Crippen molar-refractivity contribution in [2.75, 3.05) is 11.9 Å². The maximum atomic E-state index is 12.6. The van der Waals surface area contributed by atoms with Crippen LogP contribution in [0.15, 0.2) is 0 Å². The number of carbonyl (C=O) groups is 2. The molecule has 1 aromatic rings. The zero-order valence-corrected chi connectivity index (χ0v) is 17.7. The third-order valence-corrected chi connectivity index (χ3v) is 6.94. The van der Waals surface area contributed by atoms with Gasteiger partial charge in [-0.15, -0.1) is 11.3 Å². The van der Waals surface area contributed by atoms with Crippen molar-refractivity contribution >= 4 is 28.2 Å². The van der Waals surface area contributed by atoms with Crippen molar-refractivity contribution in [3.8, 4) is 0 Å². The van der Waals surface area contributed by atoms with E-state index in [9.17, 15) is 9.59 Å². The van der Waals surface area contributed by atoms with Crippen LogP contribution in [0.2, 0.25) is 0 Å². The van der Waals surface area contributed by atoms with Gasteiger partial charge in [0, 0.05) is 11.3 Å². The van der Waals surface area contributed by atoms with Gasteiger partial charge in [0.25, 0.3) is 0 Å². The molecule has 0 spiro atoms. The van der Waals surface area contributed by atoms with Gasteiger partial charge in [-0.2, -0.15) is 0 Å². The predicted molar refractivity (Wildman–Crippen MR) is 108 cm³/mol. The molecule has 0 aliphatic heterocycles. The first-order chi connectivity index (χ1) is 12.3. The largest absolute Gasteiger partial charge is 0.462 e. The van der Waals surface area contributed by atoms with Gasteiger partial charge in [0.05, 0.1) is 12.2 Å². The lowest BCUT2D eigenvalue weighted by atomic mass is 9.69. The summed E-state index contributed by atoms with van der Waals surface area (Å²) in [6.45, 7) is 11.1. The number of unbranched alkanes of at least 4 members (excludes halogenated alkanes) is 1. The summed E-state index contributed by atoms with van der Waals surface area (Å²) < 4.78 is 5.29. The number of anilines is 1. The van der Waals surface area contributed by atoms with Crippen LogP contribution in [0.25, 0.3) is 0 Å². The van der Waals surface area contributed by atoms with Gasteiger partial charge in [0.15, 0.2) is 0 Å². The molecule has 1 aliphatic rings. The number of nitrogens with one attached hydrogen (secondary N) is 1. The Morgan fingerprint density at radius 1 is 1.27 bits per heavy atom. The Morgan fingerprint density at radius 2 is 2.00 bits per heavy atom. The molecule has 0 aromatic carbocycles. The molecule has 26 heavy (non-hydrogen) atoms. The van der Waals surface area contributed by atoms with Crippen molar-refractivity contribution in [1.29, 1.82) is 0 Å². The molecule has 146 valence electrons. The van der Waals surface area contributed by atoms with Crippen molar-refractivity contribution in [1.82, 2.24) is 0 Å². The second kappa shape index (κ2) is 9.03. The summed E-state index contributed by atoms with van der Waals surface area (Å²) >= 11 is 1.58. The van der Waals surface area contributed by atoms with Gasteiger partial charge in [-0.05, 0) is 49.5 Å². The third-order valence-electron chi connectivity index (χ3n) is 5.77. The molecule has 0 radical (unpaired) electrons. The molecule has 1 unspecified atom stereocenters. The fourth-order valence-corrected chi connectivity index (χ4v) is 4.91. The molecule has 0 saturated carbocycles. The van der Waals surface area contributed by atoms with Gasteiger partial charge in [-0.1, -0.05) is 40.5 Å². The van der Waals surface area contributed by atoms with Gasteiger partial charge in [-0.3, -0.25) is 4.79 Å². The Kier molecular flexibility index (Phi) is 7.27. The van der Waals surface area contributed by atoms with E-state index >= 15 is 0 Å². The number of hydrogen-bond acceptors (Lipinski definition) is 4. The number of fused-ring (bicyclic) bond motifs is 1. The number of carbonyl (C=O) groups excluding carboxylic acids is 2. The van der Waals surface area contributed by atoms with E-state index in [1.54, 1.807) is 11.3 Å². The molecular weight excluding hydrogens is 346 g/mol. The highest BCUT2D eigenvalue weighted by Crippen LogP contribution is 2.45. The first-order valence-electron chi connectivity index (χ1n) is 9.95. The van der Waals surface area contributed by atoms with Crippen molar-refractivity contribution in [3.05, 3.63) is 16.0 Å². The topological polar surface area (TPSA) is 55.4 Å². The van der Waals surface area contributed by atoms with E-state index in [-0.39, 0.29) is 17.3 Å². The Bertz CT molecular complexity index is 648. The molecule has 0 fully saturated rings. The molecule has 0 saturated heterocycles. The van der Waals surface area contributed by atoms with E-state index in [0.29, 0.717) is 29.5 Å². The van der Waals surface area contributed by atoms with E-state index in [1.165, 1.54) is 4.88 Å². The molecule has 1 atom stereocenters. The molecular formula is C21H33NO3S. The standard InChI is InChI=1S/C21H33NO3S/c1-6-9-10-17(23)22-19-18(20(24)25-8-3)15-12-11-14(13-16(15)26-19)21(4,5)7-2/h14H,6-13H2,1-5H3,(H,22,23). The average Bonchev–Trinajstić information content (AvgIpc) is 2.96. The van der Waals surface area contributed by atoms with Crippen LogP contribution in [0.1, 0.15) is 87.5 Å². The van der Waals surface area contributed by atoms with Crippen LogP contribution < -0.4 is 5.32 Å². The number of ether oxygens (including phenoxy) is 1. The van der Waals surface area contributed by atoms with Gasteiger partial charge >= 0.3 is 5.97 Å². The monoisotopic (exact) mass is 379 g/mol. The molecule has 5 heteroatoms. The highest BCUT2D eigenvalue weighted by atomic mass is 32.1. The van der Waals surface area contributed by atoms with Crippen LogP contribution in [-0.2, 0) is 22.4 Å². The molecule has 2 rings (SSSR count). The molecule has 1 aromatic heterocycles. The average molecular weight is 380 g/mol. The van der Waals surface area contributed by atoms with Crippen molar-refractivity contribution in [2.45, 2.75) is 79.6 Å². The lowest BCUT2D eigenvalue weighted by molar-refractivity contribution is -0.116. The normalized spacial score (nSPS) is 16.9. The lowest BCUT2D eigenvalue weighted by Gasteiger charge is -2.36. The number of thiophene rings is 1. The quantitative estimate of drug-likeness (QED) is 0.599. The number of rotatable bonds is 8. The summed E-state index contributed by atoms with van der Waals surface area (Å²) in [6.07, 6.45) is 6.43. The first-order valence-corrected chi connectivity index (χ1v) is 10.8. The third kappa shape index (κ3) is 4.67. The molecule has 1 heterocycles. The van der Waals surface area contributed by atoms with Gasteiger partial charge < -0.3 is 10.1 Å². The fourth-order valence-electron chi connectivity index (χ4n) is 3.58. The maximum absolute atomic E-state index is 12.6. The highest BCUT2D eigenvalue weighted by Gasteiger charge is 2.35. The minimum Gasteiger partial charge on any atom is -0.462 e. The summed E-state index contributed by atoms with van der Waals surface area (Å²) in [6, 6.07) is 0. The summed E-state index contributed by atoms with van der Waals surface area (Å²) in [5.74, 6) is 0.294. The highest BCUT2D eigenvalue weighted by molar-refractivity contribution is 7.17. The lowest BCUT2D eigenvalue weighted by Crippen LogP contribution is -2.28. The maximum Gasteiger partial charge on any atom is 0.341 e. The van der Waals surface area contributed by atoms with Crippen LogP contribution >= 0.6 is 11.3 Å². The molecule has 4 nitrogen and oxygen atoms in total. The summed E-state index contributed by atoms with van der Waals surface area (Å²) in [5, 5.41) is 3.67. The van der Waals surface area contributed by atoms with Crippen LogP contribution in [0, 0.1) is 11.3 Å². The molecule has 1 amide bonds. The van der Waals surface area contributed by atoms with Crippen LogP contribution in [0.5, 0.6) is 0 Å². The van der Waals surface area contributed by atoms with Crippen molar-refractivity contribution < 1.29 is 14.3 Å². The minimum atomic E-state index is -0.302. The van der Waals surface area contributed by atoms with E-state index in [1.807, 2.05) is 6.92 Å². The van der Waals surface area contributed by atoms with Crippen LogP contribution in [0.3, 0.4) is 0 Å². The number of amides is 1. The van der Waals surface area contributed by atoms with Gasteiger partial charge in [0.2, 0.25) is 5.91 Å². The van der Waals surface area contributed by atoms with E-state index in [4.69, 9.17) is 4.74 Å². The summed E-state index contributed by atoms with van der Waals surface area (Å²) in [7, 11) is 0. The number of esters is 1. The molecule has 1 aliphatic carbocycles. The Morgan fingerprint density at radius 3 is 2.62 bits per heavy atom. The zero-order valence-electron chi connectivity index (χ0n) is 16.9. The Balaban J connectivity index is 2.31. The van der Waals surface area contributed by atoms with Crippen molar-refractivity contribution in [3.63, 3.8) is 0 Å². The smallest absolute Gasteiger partial charge is 0.341 e. The summed E-state index contributed by atoms with van der Waals surface area (Å²) in [4.78, 5) is 26.0. The first kappa shape index (κ1) is 20.9. The second-order valence-electron chi connectivity index (χ2n) is 7.86. The van der Waals surface area contributed by atoms with E-state index in [2.05, 4.69) is 33.0 Å². The van der Waals surface area contributed by atoms with E-state index < -0.39 is 0 Å². The van der Waals surface area contributed by atoms with Crippen LogP contribution in [0.4, 0.5) is 5.00 Å². The second-order valence-corrected chi connectivity index (χ2v) is 8.97. The van der Waals surface area contributed by atoms with Gasteiger partial charge in [-0.25, -0.2) is 4.79 Å². The zero-order chi connectivity index (χ0) is 19.3. The Labute approximate surface area is 161 Å². The fraction of sp³-hybridized carbons (Fsp3) is 0.714. The SMILES string of the molecule is CCCCC(=O)Nc1sc2c(c1C(=O)OCC)CCC(C(C)(C)CC)C2. The molecule has 1 N–H and O–H groups in total. The predicted octanol–water partition coefficient (Wildman–Crippen LogP) is 5.59. The Hall–Kier alpha value is -1.36. The van der Waals surface area contributed by atoms with Gasteiger partial charge in [0.1, 0.15) is 5.00 Å². The van der Waals surface area contributed by atoms with Crippen LogP contribution in [-0.4, -0.2) is 18.5 Å². The minimum absolute atomic E-state index is 0.0126. The van der Waals surface area contributed by atoms with Crippen molar-refractivity contribution in [2.24, 2.45) is 11.3 Å². The summed E-state index contributed by atoms with van der Waals surface area (Å²) in [5.41, 5.74) is 1.99.